The van der Waals surface area contributed by atoms with E-state index in [1.54, 1.807) is 18.3 Å². The summed E-state index contributed by atoms with van der Waals surface area (Å²) in [4.78, 5) is 18.5. The molecule has 1 heterocycles. The summed E-state index contributed by atoms with van der Waals surface area (Å²) in [5, 5.41) is 3.14. The molecule has 2 aromatic rings. The molecule has 23 heavy (non-hydrogen) atoms. The molecule has 0 saturated carbocycles. The Kier molecular flexibility index (Phi) is 8.08. The van der Waals surface area contributed by atoms with Crippen LogP contribution in [0.1, 0.15) is 16.8 Å². The van der Waals surface area contributed by atoms with Crippen molar-refractivity contribution in [2.75, 3.05) is 32.6 Å². The number of nitrogens with one attached hydrogen (secondary N) is 1. The Balaban J connectivity index is 0.00000264. The van der Waals surface area contributed by atoms with Gasteiger partial charge in [-0.15, -0.1) is 12.4 Å². The molecule has 0 aliphatic carbocycles. The summed E-state index contributed by atoms with van der Waals surface area (Å²) in [5.41, 5.74) is 1.32. The number of rotatable bonds is 7. The average molecular weight is 336 g/mol. The van der Waals surface area contributed by atoms with Gasteiger partial charge in [-0.25, -0.2) is 9.78 Å². The Morgan fingerprint density at radius 3 is 2.61 bits per heavy atom. The standard InChI is InChI=1S/C17H21N3O2.ClH/c1-20(2)12-7-13-22-17(21)15-10-6-11-18-16(15)19-14-8-4-3-5-9-14;/h3-6,8-11H,7,12-13H2,1-2H3,(H,18,19);1H. The molecule has 0 fully saturated rings. The lowest BCUT2D eigenvalue weighted by molar-refractivity contribution is 0.0494. The van der Waals surface area contributed by atoms with Gasteiger partial charge in [0.25, 0.3) is 0 Å². The third kappa shape index (κ3) is 6.26. The minimum atomic E-state index is -0.356. The molecule has 1 aromatic carbocycles. The number of para-hydroxylation sites is 1. The first-order valence-corrected chi connectivity index (χ1v) is 7.26. The summed E-state index contributed by atoms with van der Waals surface area (Å²) in [6.45, 7) is 1.28. The van der Waals surface area contributed by atoms with Crippen LogP contribution in [0.15, 0.2) is 48.7 Å². The van der Waals surface area contributed by atoms with Crippen LogP contribution in [0.4, 0.5) is 11.5 Å². The SMILES string of the molecule is CN(C)CCCOC(=O)c1cccnc1Nc1ccccc1.Cl. The molecule has 2 rings (SSSR count). The number of esters is 1. The summed E-state index contributed by atoms with van der Waals surface area (Å²) in [7, 11) is 3.98. The molecule has 124 valence electrons. The van der Waals surface area contributed by atoms with Crippen molar-refractivity contribution < 1.29 is 9.53 Å². The number of carbonyl (C=O) groups excluding carboxylic acids is 1. The summed E-state index contributed by atoms with van der Waals surface area (Å²) in [5.74, 6) is 0.150. The summed E-state index contributed by atoms with van der Waals surface area (Å²) in [6.07, 6.45) is 2.45. The van der Waals surface area contributed by atoms with Crippen LogP contribution in [-0.4, -0.2) is 43.1 Å². The molecule has 0 aliphatic rings. The number of anilines is 2. The zero-order chi connectivity index (χ0) is 15.8. The molecule has 1 N–H and O–H groups in total. The van der Waals surface area contributed by atoms with Gasteiger partial charge in [-0.05, 0) is 44.8 Å². The predicted molar refractivity (Wildman–Crippen MR) is 94.7 cm³/mol. The molecule has 1 aromatic heterocycles. The predicted octanol–water partition coefficient (Wildman–Crippen LogP) is 3.36. The highest BCUT2D eigenvalue weighted by Crippen LogP contribution is 2.18. The first-order valence-electron chi connectivity index (χ1n) is 7.26. The van der Waals surface area contributed by atoms with Gasteiger partial charge < -0.3 is 15.0 Å². The number of hydrogen-bond donors (Lipinski definition) is 1. The normalized spacial score (nSPS) is 10.0. The van der Waals surface area contributed by atoms with Crippen molar-refractivity contribution in [1.82, 2.24) is 9.88 Å². The second-order valence-electron chi connectivity index (χ2n) is 5.18. The Bertz CT molecular complexity index is 606. The minimum absolute atomic E-state index is 0. The van der Waals surface area contributed by atoms with Crippen molar-refractivity contribution in [3.05, 3.63) is 54.2 Å². The van der Waals surface area contributed by atoms with Crippen LogP contribution in [0, 0.1) is 0 Å². The first kappa shape index (κ1) is 18.9. The van der Waals surface area contributed by atoms with Crippen LogP contribution in [0.3, 0.4) is 0 Å². The molecule has 0 radical (unpaired) electrons. The van der Waals surface area contributed by atoms with Gasteiger partial charge in [0.05, 0.1) is 6.61 Å². The maximum atomic E-state index is 12.2. The van der Waals surface area contributed by atoms with Crippen molar-refractivity contribution in [3.8, 4) is 0 Å². The fourth-order valence-electron chi connectivity index (χ4n) is 1.95. The van der Waals surface area contributed by atoms with E-state index in [0.717, 1.165) is 18.7 Å². The number of aromatic nitrogens is 1. The Morgan fingerprint density at radius 2 is 1.91 bits per heavy atom. The zero-order valence-corrected chi connectivity index (χ0v) is 14.2. The van der Waals surface area contributed by atoms with Crippen molar-refractivity contribution in [2.24, 2.45) is 0 Å². The van der Waals surface area contributed by atoms with Crippen molar-refractivity contribution >= 4 is 29.9 Å². The Hall–Kier alpha value is -2.11. The molecule has 0 atom stereocenters. The molecule has 0 unspecified atom stereocenters. The minimum Gasteiger partial charge on any atom is -0.462 e. The van der Waals surface area contributed by atoms with E-state index >= 15 is 0 Å². The quantitative estimate of drug-likeness (QED) is 0.621. The maximum Gasteiger partial charge on any atom is 0.341 e. The number of carbonyl (C=O) groups is 1. The lowest BCUT2D eigenvalue weighted by atomic mass is 10.2. The number of benzene rings is 1. The third-order valence-electron chi connectivity index (χ3n) is 3.05. The van der Waals surface area contributed by atoms with Crippen molar-refractivity contribution in [3.63, 3.8) is 0 Å². The van der Waals surface area contributed by atoms with Crippen molar-refractivity contribution in [1.29, 1.82) is 0 Å². The van der Waals surface area contributed by atoms with E-state index < -0.39 is 0 Å². The molecule has 5 nitrogen and oxygen atoms in total. The number of hydrogen-bond acceptors (Lipinski definition) is 5. The molecular weight excluding hydrogens is 314 g/mol. The third-order valence-corrected chi connectivity index (χ3v) is 3.05. The highest BCUT2D eigenvalue weighted by molar-refractivity contribution is 5.95. The van der Waals surface area contributed by atoms with Gasteiger partial charge >= 0.3 is 5.97 Å². The number of nitrogens with zero attached hydrogens (tertiary/aromatic N) is 2. The average Bonchev–Trinajstić information content (AvgIpc) is 2.53. The van der Waals surface area contributed by atoms with Crippen LogP contribution in [-0.2, 0) is 4.74 Å². The summed E-state index contributed by atoms with van der Waals surface area (Å²) in [6, 6.07) is 13.1. The molecule has 0 spiro atoms. The lowest BCUT2D eigenvalue weighted by Crippen LogP contribution is -2.16. The molecule has 0 bridgehead atoms. The van der Waals surface area contributed by atoms with Gasteiger partial charge in [0.2, 0.25) is 0 Å². The van der Waals surface area contributed by atoms with Crippen LogP contribution < -0.4 is 5.32 Å². The second-order valence-corrected chi connectivity index (χ2v) is 5.18. The Labute approximate surface area is 143 Å². The lowest BCUT2D eigenvalue weighted by Gasteiger charge is -2.12. The van der Waals surface area contributed by atoms with Gasteiger partial charge in [0.15, 0.2) is 0 Å². The molecule has 0 aliphatic heterocycles. The largest absolute Gasteiger partial charge is 0.462 e. The van der Waals surface area contributed by atoms with Crippen molar-refractivity contribution in [2.45, 2.75) is 6.42 Å². The van der Waals surface area contributed by atoms with Gasteiger partial charge in [0.1, 0.15) is 11.4 Å². The number of halogens is 1. The molecular formula is C17H22ClN3O2. The molecule has 0 saturated heterocycles. The van der Waals surface area contributed by atoms with Gasteiger partial charge in [-0.2, -0.15) is 0 Å². The van der Waals surface area contributed by atoms with Gasteiger partial charge in [-0.3, -0.25) is 0 Å². The van der Waals surface area contributed by atoms with Crippen LogP contribution in [0.2, 0.25) is 0 Å². The number of pyridine rings is 1. The number of ether oxygens (including phenoxy) is 1. The molecule has 6 heteroatoms. The fraction of sp³-hybridized carbons (Fsp3) is 0.294. The fourth-order valence-corrected chi connectivity index (χ4v) is 1.95. The van der Waals surface area contributed by atoms with E-state index in [9.17, 15) is 4.79 Å². The first-order chi connectivity index (χ1) is 10.7. The van der Waals surface area contributed by atoms with E-state index in [1.807, 2.05) is 44.4 Å². The Morgan fingerprint density at radius 1 is 1.17 bits per heavy atom. The van der Waals surface area contributed by atoms with E-state index in [2.05, 4.69) is 15.2 Å². The van der Waals surface area contributed by atoms with Crippen LogP contribution in [0.5, 0.6) is 0 Å². The second kappa shape index (κ2) is 9.82. The monoisotopic (exact) mass is 335 g/mol. The summed E-state index contributed by atoms with van der Waals surface area (Å²) >= 11 is 0. The summed E-state index contributed by atoms with van der Waals surface area (Å²) < 4.78 is 5.31. The van der Waals surface area contributed by atoms with Crippen LogP contribution in [0.25, 0.3) is 0 Å². The maximum absolute atomic E-state index is 12.2. The van der Waals surface area contributed by atoms with Gasteiger partial charge in [0, 0.05) is 18.4 Å². The molecule has 0 amide bonds. The van der Waals surface area contributed by atoms with Gasteiger partial charge in [-0.1, -0.05) is 18.2 Å². The van der Waals surface area contributed by atoms with Crippen LogP contribution >= 0.6 is 12.4 Å². The smallest absolute Gasteiger partial charge is 0.341 e. The topological polar surface area (TPSA) is 54.5 Å². The van der Waals surface area contributed by atoms with E-state index in [-0.39, 0.29) is 18.4 Å². The highest BCUT2D eigenvalue weighted by Gasteiger charge is 2.13. The highest BCUT2D eigenvalue weighted by atomic mass is 35.5. The zero-order valence-electron chi connectivity index (χ0n) is 13.4. The van der Waals surface area contributed by atoms with E-state index in [0.29, 0.717) is 18.0 Å². The van der Waals surface area contributed by atoms with E-state index in [4.69, 9.17) is 4.74 Å². The van der Waals surface area contributed by atoms with E-state index in [1.165, 1.54) is 0 Å².